The Morgan fingerprint density at radius 2 is 2.00 bits per heavy atom. The number of hydrogen-bond acceptors (Lipinski definition) is 3. The molecule has 3 rings (SSSR count). The van der Waals surface area contributed by atoms with E-state index in [1.165, 1.54) is 16.8 Å². The first-order valence-corrected chi connectivity index (χ1v) is 7.22. The topological polar surface area (TPSA) is 64.1 Å². The molecule has 6 heteroatoms. The highest BCUT2D eigenvalue weighted by atomic mass is 19.1. The van der Waals surface area contributed by atoms with E-state index in [-0.39, 0.29) is 5.92 Å². The maximum absolute atomic E-state index is 14.2. The van der Waals surface area contributed by atoms with Gasteiger partial charge in [0.1, 0.15) is 6.17 Å². The van der Waals surface area contributed by atoms with E-state index in [1.807, 2.05) is 30.3 Å². The molecule has 5 nitrogen and oxygen atoms in total. The van der Waals surface area contributed by atoms with Crippen molar-refractivity contribution in [1.82, 2.24) is 9.55 Å². The van der Waals surface area contributed by atoms with Crippen LogP contribution in [0.5, 0.6) is 0 Å². The van der Waals surface area contributed by atoms with Gasteiger partial charge in [0.15, 0.2) is 0 Å². The third kappa shape index (κ3) is 3.01. The predicted molar refractivity (Wildman–Crippen MR) is 79.5 cm³/mol. The van der Waals surface area contributed by atoms with Gasteiger partial charge in [0.05, 0.1) is 19.3 Å². The standard InChI is InChI=1S/C16H17FN2O3/c17-15-12(10-22-9-11-4-2-1-3-5-11)8-13(15)19-7-6-14(20)18-16(19)21/h1-7,12-13,15H,8-10H2,(H,18,20,21)/t12-,13-,15+/m1/s1. The molecule has 1 aromatic carbocycles. The third-order valence-corrected chi connectivity index (χ3v) is 4.01. The van der Waals surface area contributed by atoms with Crippen molar-refractivity contribution in [3.63, 3.8) is 0 Å². The first kappa shape index (κ1) is 14.7. The summed E-state index contributed by atoms with van der Waals surface area (Å²) in [5.41, 5.74) is 0.00756. The van der Waals surface area contributed by atoms with Crippen LogP contribution in [0.15, 0.2) is 52.2 Å². The summed E-state index contributed by atoms with van der Waals surface area (Å²) < 4.78 is 21.0. The van der Waals surface area contributed by atoms with E-state index in [1.54, 1.807) is 0 Å². The van der Waals surface area contributed by atoms with Crippen LogP contribution in [-0.4, -0.2) is 22.3 Å². The van der Waals surface area contributed by atoms with Crippen molar-refractivity contribution in [3.05, 3.63) is 69.0 Å². The van der Waals surface area contributed by atoms with Crippen LogP contribution in [0.4, 0.5) is 4.39 Å². The Kier molecular flexibility index (Phi) is 4.20. The number of rotatable bonds is 5. The second-order valence-corrected chi connectivity index (χ2v) is 5.53. The van der Waals surface area contributed by atoms with Crippen molar-refractivity contribution >= 4 is 0 Å². The number of aromatic amines is 1. The molecule has 1 aliphatic carbocycles. The highest BCUT2D eigenvalue weighted by molar-refractivity contribution is 5.13. The fourth-order valence-corrected chi connectivity index (χ4v) is 2.71. The molecule has 1 N–H and O–H groups in total. The molecule has 1 saturated carbocycles. The van der Waals surface area contributed by atoms with Crippen molar-refractivity contribution in [2.24, 2.45) is 5.92 Å². The van der Waals surface area contributed by atoms with Crippen LogP contribution in [0.3, 0.4) is 0 Å². The highest BCUT2D eigenvalue weighted by Gasteiger charge is 2.43. The number of H-pyrrole nitrogens is 1. The van der Waals surface area contributed by atoms with Crippen molar-refractivity contribution < 1.29 is 9.13 Å². The van der Waals surface area contributed by atoms with Gasteiger partial charge >= 0.3 is 5.69 Å². The van der Waals surface area contributed by atoms with Gasteiger partial charge in [0.25, 0.3) is 5.56 Å². The third-order valence-electron chi connectivity index (χ3n) is 4.01. The summed E-state index contributed by atoms with van der Waals surface area (Å²) in [6.45, 7) is 0.776. The Morgan fingerprint density at radius 1 is 1.23 bits per heavy atom. The number of alkyl halides is 1. The van der Waals surface area contributed by atoms with E-state index in [9.17, 15) is 14.0 Å². The molecule has 0 spiro atoms. The Balaban J connectivity index is 1.53. The molecule has 1 heterocycles. The number of hydrogen-bond donors (Lipinski definition) is 1. The lowest BCUT2D eigenvalue weighted by molar-refractivity contribution is -0.0315. The molecule has 0 radical (unpaired) electrons. The first-order chi connectivity index (χ1) is 10.6. The fourth-order valence-electron chi connectivity index (χ4n) is 2.71. The second-order valence-electron chi connectivity index (χ2n) is 5.53. The number of aromatic nitrogens is 2. The van der Waals surface area contributed by atoms with E-state index >= 15 is 0 Å². The minimum atomic E-state index is -1.14. The molecule has 2 aromatic rings. The monoisotopic (exact) mass is 304 g/mol. The van der Waals surface area contributed by atoms with Crippen molar-refractivity contribution in [2.45, 2.75) is 25.2 Å². The van der Waals surface area contributed by atoms with Crippen LogP contribution in [0.2, 0.25) is 0 Å². The van der Waals surface area contributed by atoms with E-state index < -0.39 is 23.5 Å². The molecule has 0 aliphatic heterocycles. The SMILES string of the molecule is O=c1ccn([C@@H]2C[C@H](COCc3ccccc3)[C@@H]2F)c(=O)[nH]1. The number of nitrogens with zero attached hydrogens (tertiary/aromatic N) is 1. The number of ether oxygens (including phenoxy) is 1. The summed E-state index contributed by atoms with van der Waals surface area (Å²) in [5.74, 6) is -0.215. The Bertz CT molecular complexity index is 741. The van der Waals surface area contributed by atoms with E-state index in [2.05, 4.69) is 4.98 Å². The van der Waals surface area contributed by atoms with Crippen LogP contribution >= 0.6 is 0 Å². The molecule has 1 fully saturated rings. The molecule has 0 unspecified atom stereocenters. The molecule has 0 amide bonds. The highest BCUT2D eigenvalue weighted by Crippen LogP contribution is 2.40. The average molecular weight is 304 g/mol. The smallest absolute Gasteiger partial charge is 0.328 e. The summed E-state index contributed by atoms with van der Waals surface area (Å²) in [4.78, 5) is 24.8. The minimum absolute atomic E-state index is 0.215. The maximum atomic E-state index is 14.2. The van der Waals surface area contributed by atoms with E-state index in [0.717, 1.165) is 5.56 Å². The summed E-state index contributed by atoms with van der Waals surface area (Å²) >= 11 is 0. The number of nitrogens with one attached hydrogen (secondary N) is 1. The van der Waals surface area contributed by atoms with Gasteiger partial charge in [0.2, 0.25) is 0 Å². The van der Waals surface area contributed by atoms with Gasteiger partial charge in [-0.15, -0.1) is 0 Å². The van der Waals surface area contributed by atoms with Crippen molar-refractivity contribution in [1.29, 1.82) is 0 Å². The Morgan fingerprint density at radius 3 is 2.68 bits per heavy atom. The Hall–Kier alpha value is -2.21. The Labute approximate surface area is 126 Å². The van der Waals surface area contributed by atoms with Crippen molar-refractivity contribution in [2.75, 3.05) is 6.61 Å². The lowest BCUT2D eigenvalue weighted by atomic mass is 9.78. The van der Waals surface area contributed by atoms with Gasteiger partial charge < -0.3 is 4.74 Å². The number of benzene rings is 1. The van der Waals surface area contributed by atoms with E-state index in [4.69, 9.17) is 4.74 Å². The molecular formula is C16H17FN2O3. The zero-order chi connectivity index (χ0) is 15.5. The minimum Gasteiger partial charge on any atom is -0.376 e. The van der Waals surface area contributed by atoms with Crippen LogP contribution in [0.25, 0.3) is 0 Å². The predicted octanol–water partition coefficient (Wildman–Crippen LogP) is 1.65. The summed E-state index contributed by atoms with van der Waals surface area (Å²) in [5, 5.41) is 0. The molecule has 0 saturated heterocycles. The summed E-state index contributed by atoms with van der Waals surface area (Å²) in [6.07, 6.45) is 0.737. The van der Waals surface area contributed by atoms with Crippen LogP contribution in [0, 0.1) is 5.92 Å². The van der Waals surface area contributed by atoms with Crippen LogP contribution in [-0.2, 0) is 11.3 Å². The van der Waals surface area contributed by atoms with Gasteiger partial charge in [-0.1, -0.05) is 30.3 Å². The normalized spacial score (nSPS) is 24.0. The van der Waals surface area contributed by atoms with Crippen LogP contribution in [0.1, 0.15) is 18.0 Å². The van der Waals surface area contributed by atoms with Gasteiger partial charge in [-0.3, -0.25) is 14.3 Å². The first-order valence-electron chi connectivity index (χ1n) is 7.22. The van der Waals surface area contributed by atoms with Crippen LogP contribution < -0.4 is 11.2 Å². The molecule has 1 aliphatic rings. The average Bonchev–Trinajstić information content (AvgIpc) is 2.52. The summed E-state index contributed by atoms with van der Waals surface area (Å²) in [7, 11) is 0. The fraction of sp³-hybridized carbons (Fsp3) is 0.375. The molecule has 116 valence electrons. The summed E-state index contributed by atoms with van der Waals surface area (Å²) in [6, 6.07) is 10.4. The molecule has 3 atom stereocenters. The lowest BCUT2D eigenvalue weighted by Crippen LogP contribution is -2.47. The van der Waals surface area contributed by atoms with Gasteiger partial charge in [0, 0.05) is 18.2 Å². The largest absolute Gasteiger partial charge is 0.376 e. The quantitative estimate of drug-likeness (QED) is 0.913. The van der Waals surface area contributed by atoms with Crippen molar-refractivity contribution in [3.8, 4) is 0 Å². The lowest BCUT2D eigenvalue weighted by Gasteiger charge is -2.39. The number of halogens is 1. The zero-order valence-corrected chi connectivity index (χ0v) is 11.9. The second kappa shape index (κ2) is 6.27. The maximum Gasteiger partial charge on any atom is 0.328 e. The molecule has 1 aromatic heterocycles. The van der Waals surface area contributed by atoms with Gasteiger partial charge in [-0.25, -0.2) is 9.18 Å². The molecule has 22 heavy (non-hydrogen) atoms. The molecular weight excluding hydrogens is 287 g/mol. The van der Waals surface area contributed by atoms with Gasteiger partial charge in [-0.2, -0.15) is 0 Å². The zero-order valence-electron chi connectivity index (χ0n) is 11.9. The van der Waals surface area contributed by atoms with E-state index in [0.29, 0.717) is 19.6 Å². The molecule has 0 bridgehead atoms. The van der Waals surface area contributed by atoms with Gasteiger partial charge in [-0.05, 0) is 12.0 Å².